The van der Waals surface area contributed by atoms with Crippen molar-refractivity contribution in [3.63, 3.8) is 0 Å². The van der Waals surface area contributed by atoms with E-state index in [4.69, 9.17) is 29.6 Å². The van der Waals surface area contributed by atoms with Crippen LogP contribution in [0.15, 0.2) is 30.3 Å². The molecule has 0 aliphatic rings. The van der Waals surface area contributed by atoms with Gasteiger partial charge in [0.15, 0.2) is 0 Å². The molecule has 18 heavy (non-hydrogen) atoms. The topological polar surface area (TPSA) is 63.8 Å². The summed E-state index contributed by atoms with van der Waals surface area (Å²) < 4.78 is 0. The molecule has 92 valence electrons. The van der Waals surface area contributed by atoms with Gasteiger partial charge in [0.25, 0.3) is 0 Å². The second-order valence-electron chi connectivity index (χ2n) is 3.72. The predicted molar refractivity (Wildman–Crippen MR) is 77.4 cm³/mol. The van der Waals surface area contributed by atoms with E-state index in [1.54, 1.807) is 18.2 Å². The summed E-state index contributed by atoms with van der Waals surface area (Å²) in [7, 11) is 0. The molecule has 0 radical (unpaired) electrons. The highest BCUT2D eigenvalue weighted by Gasteiger charge is 2.05. The fourth-order valence-electron chi connectivity index (χ4n) is 1.45. The summed E-state index contributed by atoms with van der Waals surface area (Å²) in [4.78, 5) is 8.73. The molecule has 0 bridgehead atoms. The Hall–Kier alpha value is -1.72. The first-order valence-corrected chi connectivity index (χ1v) is 6.01. The molecular formula is C12H11ClN4S. The van der Waals surface area contributed by atoms with Crippen LogP contribution in [0.4, 0.5) is 11.6 Å². The number of aromatic nitrogens is 2. The maximum atomic E-state index is 5.90. The third-order valence-electron chi connectivity index (χ3n) is 2.19. The van der Waals surface area contributed by atoms with Crippen LogP contribution in [-0.2, 0) is 0 Å². The van der Waals surface area contributed by atoms with E-state index in [1.165, 1.54) is 0 Å². The number of hydrogen-bond donors (Lipinski definition) is 2. The van der Waals surface area contributed by atoms with Crippen molar-refractivity contribution < 1.29 is 0 Å². The number of nitrogens with one attached hydrogen (secondary N) is 1. The minimum absolute atomic E-state index is 0.245. The molecule has 0 unspecified atom stereocenters. The fourth-order valence-corrected chi connectivity index (χ4v) is 1.74. The van der Waals surface area contributed by atoms with E-state index >= 15 is 0 Å². The quantitative estimate of drug-likeness (QED) is 0.845. The van der Waals surface area contributed by atoms with Crippen molar-refractivity contribution in [1.29, 1.82) is 0 Å². The molecule has 1 aromatic carbocycles. The van der Waals surface area contributed by atoms with E-state index in [1.807, 2.05) is 19.1 Å². The first-order valence-electron chi connectivity index (χ1n) is 5.22. The summed E-state index contributed by atoms with van der Waals surface area (Å²) in [6.45, 7) is 1.85. The van der Waals surface area contributed by atoms with Gasteiger partial charge in [-0.2, -0.15) is 0 Å². The van der Waals surface area contributed by atoms with Crippen LogP contribution in [-0.4, -0.2) is 15.0 Å². The molecule has 3 N–H and O–H groups in total. The molecule has 4 nitrogen and oxygen atoms in total. The Morgan fingerprint density at radius 1 is 1.33 bits per heavy atom. The van der Waals surface area contributed by atoms with Crippen molar-refractivity contribution in [2.45, 2.75) is 6.92 Å². The highest BCUT2D eigenvalue weighted by atomic mass is 35.5. The van der Waals surface area contributed by atoms with Crippen molar-refractivity contribution in [3.05, 3.63) is 46.7 Å². The Morgan fingerprint density at radius 3 is 2.78 bits per heavy atom. The number of anilines is 2. The number of benzene rings is 1. The lowest BCUT2D eigenvalue weighted by atomic mass is 10.3. The second kappa shape index (κ2) is 5.29. The molecule has 0 saturated carbocycles. The zero-order valence-corrected chi connectivity index (χ0v) is 11.2. The fraction of sp³-hybridized carbons (Fsp3) is 0.0833. The van der Waals surface area contributed by atoms with Crippen LogP contribution in [0.3, 0.4) is 0 Å². The zero-order valence-electron chi connectivity index (χ0n) is 9.64. The third kappa shape index (κ3) is 3.15. The van der Waals surface area contributed by atoms with Gasteiger partial charge >= 0.3 is 0 Å². The van der Waals surface area contributed by atoms with Crippen LogP contribution in [0, 0.1) is 6.92 Å². The average molecular weight is 279 g/mol. The largest absolute Gasteiger partial charge is 0.388 e. The number of nitrogens with two attached hydrogens (primary N) is 1. The summed E-state index contributed by atoms with van der Waals surface area (Å²) in [5, 5.41) is 3.70. The van der Waals surface area contributed by atoms with Crippen LogP contribution in [0.25, 0.3) is 0 Å². The molecule has 2 rings (SSSR count). The minimum atomic E-state index is 0.245. The van der Waals surface area contributed by atoms with Crippen LogP contribution in [0.5, 0.6) is 0 Å². The molecule has 0 atom stereocenters. The SMILES string of the molecule is Cc1cc(C(N)=S)nc(Nc2cccc(Cl)c2)n1. The van der Waals surface area contributed by atoms with Crippen molar-refractivity contribution >= 4 is 40.4 Å². The highest BCUT2D eigenvalue weighted by molar-refractivity contribution is 7.80. The lowest BCUT2D eigenvalue weighted by molar-refractivity contribution is 1.09. The van der Waals surface area contributed by atoms with Crippen LogP contribution in [0.1, 0.15) is 11.4 Å². The summed E-state index contributed by atoms with van der Waals surface area (Å²) in [5.74, 6) is 0.445. The molecule has 1 heterocycles. The second-order valence-corrected chi connectivity index (χ2v) is 4.59. The van der Waals surface area contributed by atoms with Gasteiger partial charge in [-0.1, -0.05) is 29.9 Å². The van der Waals surface area contributed by atoms with E-state index in [9.17, 15) is 0 Å². The van der Waals surface area contributed by atoms with Gasteiger partial charge in [0.05, 0.1) is 0 Å². The zero-order chi connectivity index (χ0) is 13.1. The number of hydrogen-bond acceptors (Lipinski definition) is 4. The van der Waals surface area contributed by atoms with Gasteiger partial charge in [-0.3, -0.25) is 0 Å². The monoisotopic (exact) mass is 278 g/mol. The molecule has 0 aliphatic carbocycles. The highest BCUT2D eigenvalue weighted by Crippen LogP contribution is 2.18. The van der Waals surface area contributed by atoms with Gasteiger partial charge in [0, 0.05) is 16.4 Å². The number of nitrogens with zero attached hydrogens (tertiary/aromatic N) is 2. The Balaban J connectivity index is 2.31. The van der Waals surface area contributed by atoms with Crippen molar-refractivity contribution in [1.82, 2.24) is 9.97 Å². The average Bonchev–Trinajstić information content (AvgIpc) is 2.28. The molecule has 0 aliphatic heterocycles. The maximum absolute atomic E-state index is 5.90. The van der Waals surface area contributed by atoms with Gasteiger partial charge in [-0.15, -0.1) is 0 Å². The first-order chi connectivity index (χ1) is 8.54. The van der Waals surface area contributed by atoms with E-state index in [-0.39, 0.29) is 4.99 Å². The standard InChI is InChI=1S/C12H11ClN4S/c1-7-5-10(11(14)18)17-12(15-7)16-9-4-2-3-8(13)6-9/h2-6H,1H3,(H2,14,18)(H,15,16,17). The molecule has 2 aromatic rings. The lowest BCUT2D eigenvalue weighted by Crippen LogP contribution is -2.13. The minimum Gasteiger partial charge on any atom is -0.388 e. The maximum Gasteiger partial charge on any atom is 0.228 e. The van der Waals surface area contributed by atoms with Gasteiger partial charge in [-0.25, -0.2) is 9.97 Å². The Labute approximate surface area is 115 Å². The van der Waals surface area contributed by atoms with Crippen molar-refractivity contribution in [2.75, 3.05) is 5.32 Å². The van der Waals surface area contributed by atoms with Crippen molar-refractivity contribution in [3.8, 4) is 0 Å². The van der Waals surface area contributed by atoms with Gasteiger partial charge in [0.1, 0.15) is 10.7 Å². The van der Waals surface area contributed by atoms with Crippen molar-refractivity contribution in [2.24, 2.45) is 5.73 Å². The summed E-state index contributed by atoms with van der Waals surface area (Å²) in [6.07, 6.45) is 0. The lowest BCUT2D eigenvalue weighted by Gasteiger charge is -2.07. The number of rotatable bonds is 3. The van der Waals surface area contributed by atoms with E-state index in [0.29, 0.717) is 16.7 Å². The van der Waals surface area contributed by atoms with Crippen LogP contribution in [0.2, 0.25) is 5.02 Å². The summed E-state index contributed by atoms with van der Waals surface area (Å²) in [5.41, 5.74) is 7.70. The molecule has 0 saturated heterocycles. The smallest absolute Gasteiger partial charge is 0.228 e. The molecule has 0 fully saturated rings. The Kier molecular flexibility index (Phi) is 3.74. The number of halogens is 1. The first kappa shape index (κ1) is 12.7. The van der Waals surface area contributed by atoms with Gasteiger partial charge < -0.3 is 11.1 Å². The number of aryl methyl sites for hydroxylation is 1. The van der Waals surface area contributed by atoms with Gasteiger partial charge in [-0.05, 0) is 31.2 Å². The number of thiocarbonyl (C=S) groups is 1. The van der Waals surface area contributed by atoms with Crippen LogP contribution < -0.4 is 11.1 Å². The molecule has 0 spiro atoms. The summed E-state index contributed by atoms with van der Waals surface area (Å²) in [6, 6.07) is 9.04. The van der Waals surface area contributed by atoms with Crippen LogP contribution >= 0.6 is 23.8 Å². The summed E-state index contributed by atoms with van der Waals surface area (Å²) >= 11 is 10.8. The predicted octanol–water partition coefficient (Wildman–Crippen LogP) is 2.82. The van der Waals surface area contributed by atoms with E-state index < -0.39 is 0 Å². The van der Waals surface area contributed by atoms with E-state index in [0.717, 1.165) is 11.4 Å². The Morgan fingerprint density at radius 2 is 2.11 bits per heavy atom. The molecule has 1 aromatic heterocycles. The van der Waals surface area contributed by atoms with Gasteiger partial charge in [0.2, 0.25) is 5.95 Å². The Bertz CT molecular complexity index is 600. The molecular weight excluding hydrogens is 268 g/mol. The third-order valence-corrected chi connectivity index (χ3v) is 2.63. The van der Waals surface area contributed by atoms with E-state index in [2.05, 4.69) is 15.3 Å². The molecule has 0 amide bonds. The molecule has 6 heteroatoms. The normalized spacial score (nSPS) is 10.1.